The third kappa shape index (κ3) is 4.24. The molecular weight excluding hydrogens is 284 g/mol. The highest BCUT2D eigenvalue weighted by Crippen LogP contribution is 2.14. The minimum absolute atomic E-state index is 0.405. The van der Waals surface area contributed by atoms with Gasteiger partial charge in [0.2, 0.25) is 0 Å². The molecule has 6 heteroatoms. The van der Waals surface area contributed by atoms with Gasteiger partial charge < -0.3 is 9.57 Å². The lowest BCUT2D eigenvalue weighted by Gasteiger charge is -2.08. The molecule has 0 aliphatic heterocycles. The van der Waals surface area contributed by atoms with Gasteiger partial charge in [0.25, 0.3) is 5.91 Å². The van der Waals surface area contributed by atoms with Gasteiger partial charge in [-0.3, -0.25) is 10.1 Å². The second-order valence-corrected chi connectivity index (χ2v) is 4.54. The van der Waals surface area contributed by atoms with Crippen molar-refractivity contribution in [2.75, 3.05) is 12.4 Å². The summed E-state index contributed by atoms with van der Waals surface area (Å²) in [6, 6.07) is 13.6. The fraction of sp³-hybridized carbons (Fsp3) is 0.125. The molecule has 2 N–H and O–H groups in total. The van der Waals surface area contributed by atoms with Gasteiger partial charge in [0.15, 0.2) is 0 Å². The number of rotatable bonds is 3. The molecular formula is C16H16N2O4. The van der Waals surface area contributed by atoms with Crippen molar-refractivity contribution >= 4 is 17.7 Å². The molecule has 2 rings (SSSR count). The highest BCUT2D eigenvalue weighted by molar-refractivity contribution is 5.95. The summed E-state index contributed by atoms with van der Waals surface area (Å²) in [4.78, 5) is 28.0. The largest absolute Gasteiger partial charge is 0.497 e. The van der Waals surface area contributed by atoms with Crippen molar-refractivity contribution in [1.29, 1.82) is 0 Å². The quantitative estimate of drug-likeness (QED) is 0.855. The van der Waals surface area contributed by atoms with Crippen LogP contribution in [0.1, 0.15) is 15.9 Å². The molecule has 0 atom stereocenters. The molecule has 2 amide bonds. The Balaban J connectivity index is 1.84. The second-order valence-electron chi connectivity index (χ2n) is 4.54. The van der Waals surface area contributed by atoms with E-state index >= 15 is 0 Å². The Morgan fingerprint density at radius 3 is 2.18 bits per heavy atom. The third-order valence-electron chi connectivity index (χ3n) is 2.89. The van der Waals surface area contributed by atoms with Crippen molar-refractivity contribution in [3.63, 3.8) is 0 Å². The van der Waals surface area contributed by atoms with Crippen LogP contribution in [0, 0.1) is 6.92 Å². The smallest absolute Gasteiger partial charge is 0.436 e. The minimum atomic E-state index is -0.786. The maximum Gasteiger partial charge on any atom is 0.436 e. The molecule has 2 aromatic rings. The first-order valence-electron chi connectivity index (χ1n) is 6.57. The summed E-state index contributed by atoms with van der Waals surface area (Å²) < 4.78 is 5.01. The first kappa shape index (κ1) is 15.4. The third-order valence-corrected chi connectivity index (χ3v) is 2.89. The Hall–Kier alpha value is -3.02. The van der Waals surface area contributed by atoms with Gasteiger partial charge >= 0.3 is 6.09 Å². The van der Waals surface area contributed by atoms with Crippen LogP contribution in [-0.2, 0) is 4.84 Å². The zero-order chi connectivity index (χ0) is 15.9. The molecule has 0 aliphatic rings. The number of nitrogens with one attached hydrogen (secondary N) is 2. The molecule has 0 saturated heterocycles. The number of aryl methyl sites for hydroxylation is 1. The van der Waals surface area contributed by atoms with Gasteiger partial charge in [-0.2, -0.15) is 5.48 Å². The number of anilines is 1. The summed E-state index contributed by atoms with van der Waals surface area (Å²) in [6.07, 6.45) is -0.786. The summed E-state index contributed by atoms with van der Waals surface area (Å²) >= 11 is 0. The van der Waals surface area contributed by atoms with E-state index in [2.05, 4.69) is 15.6 Å². The number of carbonyl (C=O) groups is 2. The average molecular weight is 300 g/mol. The SMILES string of the molecule is COc1ccc(NC(=O)ONC(=O)c2ccc(C)cc2)cc1. The van der Waals surface area contributed by atoms with Gasteiger partial charge in [0.05, 0.1) is 7.11 Å². The van der Waals surface area contributed by atoms with Crippen LogP contribution >= 0.6 is 0 Å². The van der Waals surface area contributed by atoms with E-state index < -0.39 is 12.0 Å². The summed E-state index contributed by atoms with van der Waals surface area (Å²) in [6.45, 7) is 1.92. The van der Waals surface area contributed by atoms with Crippen molar-refractivity contribution < 1.29 is 19.2 Å². The van der Waals surface area contributed by atoms with Gasteiger partial charge in [0.1, 0.15) is 5.75 Å². The van der Waals surface area contributed by atoms with Crippen LogP contribution in [0.5, 0.6) is 5.75 Å². The van der Waals surface area contributed by atoms with Crippen molar-refractivity contribution in [2.45, 2.75) is 6.92 Å². The molecule has 0 radical (unpaired) electrons. The molecule has 22 heavy (non-hydrogen) atoms. The van der Waals surface area contributed by atoms with Crippen molar-refractivity contribution in [3.05, 3.63) is 59.7 Å². The van der Waals surface area contributed by atoms with E-state index in [1.807, 2.05) is 6.92 Å². The topological polar surface area (TPSA) is 76.7 Å². The summed E-state index contributed by atoms with van der Waals surface area (Å²) in [5, 5.41) is 2.48. The number of carbonyl (C=O) groups excluding carboxylic acids is 2. The fourth-order valence-corrected chi connectivity index (χ4v) is 1.67. The Morgan fingerprint density at radius 1 is 0.955 bits per heavy atom. The number of amides is 2. The molecule has 0 unspecified atom stereocenters. The van der Waals surface area contributed by atoms with E-state index in [4.69, 9.17) is 4.74 Å². The monoisotopic (exact) mass is 300 g/mol. The van der Waals surface area contributed by atoms with Gasteiger partial charge in [-0.25, -0.2) is 4.79 Å². The molecule has 114 valence electrons. The summed E-state index contributed by atoms with van der Waals surface area (Å²) in [7, 11) is 1.55. The first-order valence-corrected chi connectivity index (χ1v) is 6.57. The molecule has 2 aromatic carbocycles. The van der Waals surface area contributed by atoms with Crippen molar-refractivity contribution in [1.82, 2.24) is 5.48 Å². The second kappa shape index (κ2) is 7.12. The minimum Gasteiger partial charge on any atom is -0.497 e. The highest BCUT2D eigenvalue weighted by Gasteiger charge is 2.09. The lowest BCUT2D eigenvalue weighted by molar-refractivity contribution is 0.0615. The molecule has 0 aromatic heterocycles. The van der Waals surface area contributed by atoms with Crippen LogP contribution in [0.3, 0.4) is 0 Å². The molecule has 0 aliphatic carbocycles. The standard InChI is InChI=1S/C16H16N2O4/c1-11-3-5-12(6-4-11)15(19)18-22-16(20)17-13-7-9-14(21-2)10-8-13/h3-10H,1-2H3,(H,17,20)(H,18,19). The summed E-state index contributed by atoms with van der Waals surface area (Å²) in [5.41, 5.74) is 4.05. The van der Waals surface area contributed by atoms with Crippen LogP contribution in [0.2, 0.25) is 0 Å². The Labute approximate surface area is 128 Å². The molecule has 0 bridgehead atoms. The van der Waals surface area contributed by atoms with Crippen LogP contribution in [0.25, 0.3) is 0 Å². The zero-order valence-electron chi connectivity index (χ0n) is 12.3. The molecule has 0 fully saturated rings. The number of hydroxylamine groups is 1. The maximum absolute atomic E-state index is 11.8. The maximum atomic E-state index is 11.8. The van der Waals surface area contributed by atoms with Gasteiger partial charge in [-0.15, -0.1) is 0 Å². The van der Waals surface area contributed by atoms with Crippen LogP contribution < -0.4 is 15.5 Å². The summed E-state index contributed by atoms with van der Waals surface area (Å²) in [5.74, 6) is 0.177. The van der Waals surface area contributed by atoms with Crippen LogP contribution in [0.4, 0.5) is 10.5 Å². The van der Waals surface area contributed by atoms with E-state index in [-0.39, 0.29) is 0 Å². The van der Waals surface area contributed by atoms with Gasteiger partial charge in [-0.05, 0) is 43.3 Å². The Morgan fingerprint density at radius 2 is 1.59 bits per heavy atom. The molecule has 0 spiro atoms. The lowest BCUT2D eigenvalue weighted by Crippen LogP contribution is -2.29. The van der Waals surface area contributed by atoms with E-state index in [0.717, 1.165) is 5.56 Å². The highest BCUT2D eigenvalue weighted by atomic mass is 16.7. The number of benzene rings is 2. The van der Waals surface area contributed by atoms with Crippen LogP contribution in [0.15, 0.2) is 48.5 Å². The van der Waals surface area contributed by atoms with E-state index in [1.165, 1.54) is 0 Å². The predicted octanol–water partition coefficient (Wildman–Crippen LogP) is 2.90. The normalized spacial score (nSPS) is 9.73. The lowest BCUT2D eigenvalue weighted by atomic mass is 10.1. The van der Waals surface area contributed by atoms with Gasteiger partial charge in [0, 0.05) is 11.3 Å². The number of hydrogen-bond acceptors (Lipinski definition) is 4. The van der Waals surface area contributed by atoms with E-state index in [0.29, 0.717) is 17.0 Å². The fourth-order valence-electron chi connectivity index (χ4n) is 1.67. The molecule has 0 heterocycles. The Kier molecular flexibility index (Phi) is 4.98. The average Bonchev–Trinajstić information content (AvgIpc) is 2.54. The number of hydrogen-bond donors (Lipinski definition) is 2. The Bertz CT molecular complexity index is 651. The van der Waals surface area contributed by atoms with Crippen LogP contribution in [-0.4, -0.2) is 19.1 Å². The number of ether oxygens (including phenoxy) is 1. The molecule has 6 nitrogen and oxygen atoms in total. The zero-order valence-corrected chi connectivity index (χ0v) is 12.3. The number of methoxy groups -OCH3 is 1. The molecule has 0 saturated carbocycles. The van der Waals surface area contributed by atoms with E-state index in [1.54, 1.807) is 55.6 Å². The van der Waals surface area contributed by atoms with Crippen molar-refractivity contribution in [2.24, 2.45) is 0 Å². The van der Waals surface area contributed by atoms with Gasteiger partial charge in [-0.1, -0.05) is 17.7 Å². The first-order chi connectivity index (χ1) is 10.6. The predicted molar refractivity (Wildman–Crippen MR) is 81.7 cm³/mol. The van der Waals surface area contributed by atoms with E-state index in [9.17, 15) is 9.59 Å². The van der Waals surface area contributed by atoms with Crippen molar-refractivity contribution in [3.8, 4) is 5.75 Å².